The average Bonchev–Trinajstić information content (AvgIpc) is 3.43. The van der Waals surface area contributed by atoms with Crippen molar-refractivity contribution in [3.05, 3.63) is 66.0 Å². The molecule has 2 aromatic heterocycles. The van der Waals surface area contributed by atoms with Crippen LogP contribution in [-0.4, -0.2) is 38.0 Å². The highest BCUT2D eigenvalue weighted by molar-refractivity contribution is 5.84. The second kappa shape index (κ2) is 12.0. The van der Waals surface area contributed by atoms with Crippen LogP contribution in [-0.2, 0) is 11.3 Å². The summed E-state index contributed by atoms with van der Waals surface area (Å²) in [6.07, 6.45) is 12.0. The molecule has 3 aromatic rings. The molecule has 35 heavy (non-hydrogen) atoms. The molecule has 2 heterocycles. The number of imidazole rings is 1. The lowest BCUT2D eigenvalue weighted by atomic mass is 9.84. The summed E-state index contributed by atoms with van der Waals surface area (Å²) in [4.78, 5) is 30.1. The second-order valence-electron chi connectivity index (χ2n) is 8.87. The molecule has 1 aliphatic carbocycles. The van der Waals surface area contributed by atoms with Crippen molar-refractivity contribution < 1.29 is 4.79 Å². The number of hydrogen-bond acceptors (Lipinski definition) is 6. The van der Waals surface area contributed by atoms with Crippen molar-refractivity contribution in [1.82, 2.24) is 24.8 Å². The fourth-order valence-electron chi connectivity index (χ4n) is 4.44. The molecule has 4 rings (SSSR count). The normalized spacial score (nSPS) is 14.6. The van der Waals surface area contributed by atoms with Crippen molar-refractivity contribution in [2.75, 3.05) is 17.2 Å². The molecule has 9 nitrogen and oxygen atoms in total. The zero-order chi connectivity index (χ0) is 24.5. The molecule has 0 aliphatic heterocycles. The number of aromatic nitrogens is 4. The van der Waals surface area contributed by atoms with Gasteiger partial charge in [-0.25, -0.2) is 9.83 Å². The zero-order valence-corrected chi connectivity index (χ0v) is 20.1. The van der Waals surface area contributed by atoms with Crippen LogP contribution in [0.2, 0.25) is 0 Å². The van der Waals surface area contributed by atoms with Gasteiger partial charge in [-0.2, -0.15) is 9.97 Å². The molecule has 0 unspecified atom stereocenters. The van der Waals surface area contributed by atoms with E-state index in [1.807, 2.05) is 35.9 Å². The summed E-state index contributed by atoms with van der Waals surface area (Å²) >= 11 is 0. The van der Waals surface area contributed by atoms with Gasteiger partial charge in [0, 0.05) is 31.5 Å². The van der Waals surface area contributed by atoms with Crippen LogP contribution in [0, 0.1) is 12.5 Å². The van der Waals surface area contributed by atoms with E-state index in [0.29, 0.717) is 42.3 Å². The Bertz CT molecular complexity index is 1130. The van der Waals surface area contributed by atoms with Gasteiger partial charge in [0.15, 0.2) is 5.69 Å². The molecule has 0 spiro atoms. The molecule has 0 radical (unpaired) electrons. The van der Waals surface area contributed by atoms with E-state index in [0.717, 1.165) is 24.8 Å². The predicted molar refractivity (Wildman–Crippen MR) is 136 cm³/mol. The highest BCUT2D eigenvalue weighted by Crippen LogP contribution is 2.28. The standard InChI is InChI=1S/C26H32N8O/c1-3-29-26-32-23(16-24(33-26)34-14-13-28-18-34)31-22(15-19-7-5-4-6-8-19)25(35)30-17-20-9-11-21(27-2)12-10-20/h9-14,16,18-19,22H,3-8,15,17H2,1H3,(H,30,35)(H2,29,31,32,33)/t22-/m1/s1. The average molecular weight is 473 g/mol. The molecule has 182 valence electrons. The number of carbonyl (C=O) groups excluding carboxylic acids is 1. The maximum Gasteiger partial charge on any atom is 0.242 e. The van der Waals surface area contributed by atoms with Gasteiger partial charge in [0.2, 0.25) is 11.9 Å². The molecule has 1 aromatic carbocycles. The van der Waals surface area contributed by atoms with E-state index in [1.54, 1.807) is 24.7 Å². The second-order valence-corrected chi connectivity index (χ2v) is 8.87. The number of amides is 1. The Balaban J connectivity index is 1.52. The molecule has 9 heteroatoms. The Labute approximate surface area is 206 Å². The van der Waals surface area contributed by atoms with Gasteiger partial charge in [-0.05, 0) is 24.8 Å². The molecule has 1 aliphatic rings. The molecule has 0 saturated heterocycles. The minimum Gasteiger partial charge on any atom is -0.358 e. The first-order valence-electron chi connectivity index (χ1n) is 12.3. The molecule has 3 N–H and O–H groups in total. The lowest BCUT2D eigenvalue weighted by molar-refractivity contribution is -0.122. The zero-order valence-electron chi connectivity index (χ0n) is 20.1. The minimum absolute atomic E-state index is 0.0578. The van der Waals surface area contributed by atoms with Crippen molar-refractivity contribution >= 4 is 23.4 Å². The third-order valence-electron chi connectivity index (χ3n) is 6.28. The Kier molecular flexibility index (Phi) is 8.28. The SMILES string of the molecule is [C-]#[N+]c1ccc(CNC(=O)[C@@H](CC2CCCCC2)Nc2cc(-n3ccnc3)nc(NCC)n2)cc1. The van der Waals surface area contributed by atoms with Crippen LogP contribution in [0.15, 0.2) is 49.1 Å². The molecule has 0 bridgehead atoms. The maximum absolute atomic E-state index is 13.3. The number of carbonyl (C=O) groups is 1. The Morgan fingerprint density at radius 1 is 1.20 bits per heavy atom. The molecular weight excluding hydrogens is 440 g/mol. The maximum atomic E-state index is 13.3. The van der Waals surface area contributed by atoms with Crippen LogP contribution in [0.1, 0.15) is 51.0 Å². The first-order chi connectivity index (χ1) is 17.1. The summed E-state index contributed by atoms with van der Waals surface area (Å²) in [5.74, 6) is 2.22. The Morgan fingerprint density at radius 3 is 2.69 bits per heavy atom. The third kappa shape index (κ3) is 6.79. The van der Waals surface area contributed by atoms with Gasteiger partial charge in [-0.15, -0.1) is 0 Å². The van der Waals surface area contributed by atoms with Crippen LogP contribution in [0.3, 0.4) is 0 Å². The molecule has 1 amide bonds. The van der Waals surface area contributed by atoms with Crippen LogP contribution >= 0.6 is 0 Å². The quantitative estimate of drug-likeness (QED) is 0.369. The summed E-state index contributed by atoms with van der Waals surface area (Å²) in [5.41, 5.74) is 1.55. The number of nitrogens with zero attached hydrogens (tertiary/aromatic N) is 5. The van der Waals surface area contributed by atoms with Crippen molar-refractivity contribution in [1.29, 1.82) is 0 Å². The lowest BCUT2D eigenvalue weighted by Crippen LogP contribution is -2.41. The van der Waals surface area contributed by atoms with Crippen molar-refractivity contribution in [2.24, 2.45) is 5.92 Å². The topological polar surface area (TPSA) is 101 Å². The molecule has 1 atom stereocenters. The molecule has 1 saturated carbocycles. The highest BCUT2D eigenvalue weighted by Gasteiger charge is 2.25. The monoisotopic (exact) mass is 472 g/mol. The number of rotatable bonds is 10. The van der Waals surface area contributed by atoms with Crippen molar-refractivity contribution in [2.45, 2.75) is 58.0 Å². The first kappa shape index (κ1) is 24.2. The number of hydrogen-bond donors (Lipinski definition) is 3. The molecule has 1 fully saturated rings. The van der Waals surface area contributed by atoms with Gasteiger partial charge >= 0.3 is 0 Å². The summed E-state index contributed by atoms with van der Waals surface area (Å²) in [5, 5.41) is 9.65. The summed E-state index contributed by atoms with van der Waals surface area (Å²) in [7, 11) is 0. The number of benzene rings is 1. The lowest BCUT2D eigenvalue weighted by Gasteiger charge is -2.27. The van der Waals surface area contributed by atoms with E-state index in [1.165, 1.54) is 19.3 Å². The minimum atomic E-state index is -0.416. The summed E-state index contributed by atoms with van der Waals surface area (Å²) < 4.78 is 1.82. The fourth-order valence-corrected chi connectivity index (χ4v) is 4.44. The van der Waals surface area contributed by atoms with Gasteiger partial charge in [-0.1, -0.05) is 56.4 Å². The number of nitrogens with one attached hydrogen (secondary N) is 3. The third-order valence-corrected chi connectivity index (χ3v) is 6.28. The van der Waals surface area contributed by atoms with Crippen LogP contribution in [0.25, 0.3) is 10.7 Å². The van der Waals surface area contributed by atoms with Gasteiger partial charge in [0.05, 0.1) is 6.57 Å². The summed E-state index contributed by atoms with van der Waals surface area (Å²) in [6, 6.07) is 8.72. The Morgan fingerprint density at radius 2 is 2.00 bits per heavy atom. The van der Waals surface area contributed by atoms with E-state index in [4.69, 9.17) is 6.57 Å². The van der Waals surface area contributed by atoms with Gasteiger partial charge in [0.25, 0.3) is 0 Å². The van der Waals surface area contributed by atoms with E-state index >= 15 is 0 Å². The van der Waals surface area contributed by atoms with E-state index in [9.17, 15) is 4.79 Å². The highest BCUT2D eigenvalue weighted by atomic mass is 16.2. The van der Waals surface area contributed by atoms with Crippen molar-refractivity contribution in [3.63, 3.8) is 0 Å². The largest absolute Gasteiger partial charge is 0.358 e. The Hall–Kier alpha value is -3.93. The smallest absolute Gasteiger partial charge is 0.242 e. The van der Waals surface area contributed by atoms with Gasteiger partial charge in [-0.3, -0.25) is 9.36 Å². The van der Waals surface area contributed by atoms with Gasteiger partial charge in [0.1, 0.15) is 24.0 Å². The van der Waals surface area contributed by atoms with Gasteiger partial charge < -0.3 is 16.0 Å². The summed E-state index contributed by atoms with van der Waals surface area (Å²) in [6.45, 7) is 10.2. The predicted octanol–water partition coefficient (Wildman–Crippen LogP) is 4.71. The first-order valence-corrected chi connectivity index (χ1v) is 12.3. The van der Waals surface area contributed by atoms with E-state index < -0.39 is 6.04 Å². The van der Waals surface area contributed by atoms with E-state index in [-0.39, 0.29) is 5.91 Å². The number of anilines is 2. The fraction of sp³-hybridized carbons (Fsp3) is 0.423. The van der Waals surface area contributed by atoms with Crippen molar-refractivity contribution in [3.8, 4) is 5.82 Å². The van der Waals surface area contributed by atoms with E-state index in [2.05, 4.69) is 35.7 Å². The van der Waals surface area contributed by atoms with Crippen LogP contribution in [0.5, 0.6) is 0 Å². The van der Waals surface area contributed by atoms with Crippen LogP contribution < -0.4 is 16.0 Å². The molecular formula is C26H32N8O. The van der Waals surface area contributed by atoms with Crippen LogP contribution in [0.4, 0.5) is 17.5 Å².